The lowest BCUT2D eigenvalue weighted by molar-refractivity contribution is 0.222. The first-order chi connectivity index (χ1) is 8.93. The summed E-state index contributed by atoms with van der Waals surface area (Å²) in [4.78, 5) is 2.44. The van der Waals surface area contributed by atoms with E-state index in [9.17, 15) is 5.11 Å². The molecule has 106 valence electrons. The van der Waals surface area contributed by atoms with Gasteiger partial charge in [-0.3, -0.25) is 0 Å². The van der Waals surface area contributed by atoms with E-state index in [0.717, 1.165) is 5.56 Å². The Bertz CT molecular complexity index is 429. The maximum Gasteiger partial charge on any atom is 0.0681 e. The maximum atomic E-state index is 9.18. The van der Waals surface area contributed by atoms with Crippen LogP contribution in [0.25, 0.3) is 0 Å². The van der Waals surface area contributed by atoms with Crippen molar-refractivity contribution < 1.29 is 5.11 Å². The van der Waals surface area contributed by atoms with Crippen LogP contribution in [0.3, 0.4) is 0 Å². The zero-order chi connectivity index (χ0) is 14.0. The highest BCUT2D eigenvalue weighted by molar-refractivity contribution is 5.54. The normalized spacial score (nSPS) is 19.4. The lowest BCUT2D eigenvalue weighted by Gasteiger charge is -2.40. The van der Waals surface area contributed by atoms with E-state index in [-0.39, 0.29) is 6.61 Å². The summed E-state index contributed by atoms with van der Waals surface area (Å²) in [5.41, 5.74) is 4.09. The van der Waals surface area contributed by atoms with Gasteiger partial charge in [-0.05, 0) is 55.2 Å². The van der Waals surface area contributed by atoms with Crippen molar-refractivity contribution in [3.8, 4) is 0 Å². The number of aliphatic hydroxyl groups excluding tert-OH is 1. The summed E-state index contributed by atoms with van der Waals surface area (Å²) in [5, 5.41) is 9.18. The lowest BCUT2D eigenvalue weighted by Crippen LogP contribution is -2.37. The molecule has 0 unspecified atom stereocenters. The number of anilines is 1. The Kier molecular flexibility index (Phi) is 4.19. The molecule has 1 aromatic rings. The van der Waals surface area contributed by atoms with Crippen molar-refractivity contribution in [1.29, 1.82) is 0 Å². The first-order valence-electron chi connectivity index (χ1n) is 7.36. The molecule has 2 heteroatoms. The van der Waals surface area contributed by atoms with Gasteiger partial charge in [0.05, 0.1) is 6.61 Å². The molecule has 2 nitrogen and oxygen atoms in total. The summed E-state index contributed by atoms with van der Waals surface area (Å²) >= 11 is 0. The van der Waals surface area contributed by atoms with Gasteiger partial charge in [-0.15, -0.1) is 0 Å². The molecule has 1 saturated carbocycles. The fraction of sp³-hybridized carbons (Fsp3) is 0.647. The summed E-state index contributed by atoms with van der Waals surface area (Å²) in [6, 6.07) is 6.94. The topological polar surface area (TPSA) is 23.5 Å². The smallest absolute Gasteiger partial charge is 0.0681 e. The fourth-order valence-electron chi connectivity index (χ4n) is 3.18. The van der Waals surface area contributed by atoms with Gasteiger partial charge < -0.3 is 10.0 Å². The molecule has 1 aliphatic rings. The number of benzene rings is 1. The first kappa shape index (κ1) is 14.4. The average molecular weight is 261 g/mol. The molecule has 0 amide bonds. The van der Waals surface area contributed by atoms with E-state index in [0.29, 0.717) is 11.5 Å². The van der Waals surface area contributed by atoms with Gasteiger partial charge in [-0.2, -0.15) is 0 Å². The molecule has 0 radical (unpaired) electrons. The minimum Gasteiger partial charge on any atom is -0.392 e. The van der Waals surface area contributed by atoms with E-state index in [1.54, 1.807) is 0 Å². The van der Waals surface area contributed by atoms with E-state index < -0.39 is 0 Å². The monoisotopic (exact) mass is 261 g/mol. The van der Waals surface area contributed by atoms with Crippen molar-refractivity contribution in [3.63, 3.8) is 0 Å². The number of hydrogen-bond acceptors (Lipinski definition) is 2. The van der Waals surface area contributed by atoms with Crippen LogP contribution in [-0.2, 0) is 6.61 Å². The first-order valence-corrected chi connectivity index (χ1v) is 7.36. The Morgan fingerprint density at radius 3 is 2.42 bits per heavy atom. The highest BCUT2D eigenvalue weighted by Gasteiger charge is 2.29. The minimum absolute atomic E-state index is 0.127. The molecule has 1 fully saturated rings. The number of nitrogens with zero attached hydrogens (tertiary/aromatic N) is 1. The highest BCUT2D eigenvalue weighted by Crippen LogP contribution is 2.38. The molecule has 0 spiro atoms. The molecular weight excluding hydrogens is 234 g/mol. The summed E-state index contributed by atoms with van der Waals surface area (Å²) < 4.78 is 0. The second-order valence-corrected chi connectivity index (χ2v) is 6.79. The van der Waals surface area contributed by atoms with Crippen molar-refractivity contribution in [2.45, 2.75) is 59.1 Å². The molecule has 1 aliphatic carbocycles. The fourth-order valence-corrected chi connectivity index (χ4v) is 3.18. The molecule has 19 heavy (non-hydrogen) atoms. The molecule has 1 aromatic carbocycles. The van der Waals surface area contributed by atoms with Crippen LogP contribution in [0.5, 0.6) is 0 Å². The molecular formula is C17H27NO. The van der Waals surface area contributed by atoms with Gasteiger partial charge in [0.25, 0.3) is 0 Å². The van der Waals surface area contributed by atoms with Gasteiger partial charge in [0.15, 0.2) is 0 Å². The standard InChI is InChI=1S/C17H27NO/c1-13-11-14(12-19)5-6-16(13)18(4)15-7-9-17(2,3)10-8-15/h5-6,11,15,19H,7-10,12H2,1-4H3. The number of rotatable bonds is 3. The quantitative estimate of drug-likeness (QED) is 0.892. The van der Waals surface area contributed by atoms with E-state index in [2.05, 4.69) is 44.9 Å². The molecule has 1 N–H and O–H groups in total. The molecule has 0 heterocycles. The van der Waals surface area contributed by atoms with Crippen LogP contribution in [0.4, 0.5) is 5.69 Å². The molecule has 0 aliphatic heterocycles. The van der Waals surface area contributed by atoms with E-state index in [1.807, 2.05) is 6.07 Å². The van der Waals surface area contributed by atoms with Crippen LogP contribution >= 0.6 is 0 Å². The number of aryl methyl sites for hydroxylation is 1. The molecule has 2 rings (SSSR count). The third kappa shape index (κ3) is 3.30. The van der Waals surface area contributed by atoms with Crippen LogP contribution in [0.15, 0.2) is 18.2 Å². The summed E-state index contributed by atoms with van der Waals surface area (Å²) in [5.74, 6) is 0. The Labute approximate surface area is 117 Å². The van der Waals surface area contributed by atoms with Gasteiger partial charge in [0.1, 0.15) is 0 Å². The van der Waals surface area contributed by atoms with Crippen LogP contribution < -0.4 is 4.90 Å². The van der Waals surface area contributed by atoms with Crippen molar-refractivity contribution in [2.24, 2.45) is 5.41 Å². The second kappa shape index (κ2) is 5.54. The van der Waals surface area contributed by atoms with Gasteiger partial charge in [-0.25, -0.2) is 0 Å². The Balaban J connectivity index is 2.10. The van der Waals surface area contributed by atoms with Gasteiger partial charge in [-0.1, -0.05) is 26.0 Å². The number of hydrogen-bond donors (Lipinski definition) is 1. The zero-order valence-electron chi connectivity index (χ0n) is 12.7. The third-order valence-electron chi connectivity index (χ3n) is 4.68. The summed E-state index contributed by atoms with van der Waals surface area (Å²) in [7, 11) is 2.21. The van der Waals surface area contributed by atoms with Crippen molar-refractivity contribution in [1.82, 2.24) is 0 Å². The predicted octanol–water partition coefficient (Wildman–Crippen LogP) is 3.89. The van der Waals surface area contributed by atoms with Crippen molar-refractivity contribution in [2.75, 3.05) is 11.9 Å². The maximum absolute atomic E-state index is 9.18. The van der Waals surface area contributed by atoms with Gasteiger partial charge in [0, 0.05) is 18.8 Å². The summed E-state index contributed by atoms with van der Waals surface area (Å²) in [6.45, 7) is 7.02. The SMILES string of the molecule is Cc1cc(CO)ccc1N(C)C1CCC(C)(C)CC1. The van der Waals surface area contributed by atoms with Crippen molar-refractivity contribution >= 4 is 5.69 Å². The van der Waals surface area contributed by atoms with E-state index >= 15 is 0 Å². The summed E-state index contributed by atoms with van der Waals surface area (Å²) in [6.07, 6.45) is 5.20. The van der Waals surface area contributed by atoms with Crippen LogP contribution in [0, 0.1) is 12.3 Å². The number of aliphatic hydroxyl groups is 1. The largest absolute Gasteiger partial charge is 0.392 e. The van der Waals surface area contributed by atoms with E-state index in [4.69, 9.17) is 0 Å². The van der Waals surface area contributed by atoms with Crippen LogP contribution in [0.1, 0.15) is 50.7 Å². The van der Waals surface area contributed by atoms with Crippen LogP contribution in [-0.4, -0.2) is 18.2 Å². The predicted molar refractivity (Wildman–Crippen MR) is 81.5 cm³/mol. The Morgan fingerprint density at radius 1 is 1.26 bits per heavy atom. The molecule has 0 atom stereocenters. The van der Waals surface area contributed by atoms with Crippen LogP contribution in [0.2, 0.25) is 0 Å². The molecule has 0 aromatic heterocycles. The molecule has 0 bridgehead atoms. The second-order valence-electron chi connectivity index (χ2n) is 6.79. The molecule has 0 saturated heterocycles. The third-order valence-corrected chi connectivity index (χ3v) is 4.68. The average Bonchev–Trinajstić information content (AvgIpc) is 2.37. The van der Waals surface area contributed by atoms with Gasteiger partial charge in [0.2, 0.25) is 0 Å². The minimum atomic E-state index is 0.127. The highest BCUT2D eigenvalue weighted by atomic mass is 16.3. The lowest BCUT2D eigenvalue weighted by atomic mass is 9.75. The van der Waals surface area contributed by atoms with Gasteiger partial charge >= 0.3 is 0 Å². The Morgan fingerprint density at radius 2 is 1.89 bits per heavy atom. The van der Waals surface area contributed by atoms with Crippen molar-refractivity contribution in [3.05, 3.63) is 29.3 Å². The zero-order valence-corrected chi connectivity index (χ0v) is 12.7. The Hall–Kier alpha value is -1.02. The van der Waals surface area contributed by atoms with E-state index in [1.165, 1.54) is 36.9 Å².